The second kappa shape index (κ2) is 8.66. The molecule has 6 nitrogen and oxygen atoms in total. The SMILES string of the molecule is Cc1cc(Nc2nccc(C(F)(F)F)n2)cc(-c2cnc(CN3CCOCC3)s2)c1. The molecule has 10 heteroatoms. The van der Waals surface area contributed by atoms with Crippen molar-refractivity contribution in [1.29, 1.82) is 0 Å². The number of aromatic nitrogens is 3. The molecule has 1 N–H and O–H groups in total. The summed E-state index contributed by atoms with van der Waals surface area (Å²) in [5.74, 6) is -0.0984. The highest BCUT2D eigenvalue weighted by Gasteiger charge is 2.32. The zero-order valence-corrected chi connectivity index (χ0v) is 17.1. The normalized spacial score (nSPS) is 15.3. The summed E-state index contributed by atoms with van der Waals surface area (Å²) >= 11 is 1.61. The fraction of sp³-hybridized carbons (Fsp3) is 0.350. The summed E-state index contributed by atoms with van der Waals surface area (Å²) in [5, 5.41) is 3.90. The molecule has 1 aliphatic heterocycles. The van der Waals surface area contributed by atoms with Crippen LogP contribution in [-0.2, 0) is 17.5 Å². The minimum Gasteiger partial charge on any atom is -0.379 e. The molecule has 0 aliphatic carbocycles. The first-order chi connectivity index (χ1) is 14.4. The molecule has 1 saturated heterocycles. The van der Waals surface area contributed by atoms with Gasteiger partial charge in [0.1, 0.15) is 10.7 Å². The van der Waals surface area contributed by atoms with Gasteiger partial charge in [0, 0.05) is 31.2 Å². The molecule has 1 fully saturated rings. The number of ether oxygens (including phenoxy) is 1. The van der Waals surface area contributed by atoms with Crippen LogP contribution in [0.15, 0.2) is 36.7 Å². The van der Waals surface area contributed by atoms with Gasteiger partial charge in [0.05, 0.1) is 24.6 Å². The van der Waals surface area contributed by atoms with Crippen molar-refractivity contribution >= 4 is 23.0 Å². The van der Waals surface area contributed by atoms with Gasteiger partial charge in [-0.25, -0.2) is 15.0 Å². The van der Waals surface area contributed by atoms with Crippen molar-refractivity contribution in [2.75, 3.05) is 31.6 Å². The molecule has 0 amide bonds. The first-order valence-corrected chi connectivity index (χ1v) is 10.2. The summed E-state index contributed by atoms with van der Waals surface area (Å²) < 4.78 is 44.1. The van der Waals surface area contributed by atoms with E-state index >= 15 is 0 Å². The van der Waals surface area contributed by atoms with Crippen LogP contribution in [0.3, 0.4) is 0 Å². The zero-order chi connectivity index (χ0) is 21.1. The molecule has 2 aromatic heterocycles. The highest BCUT2D eigenvalue weighted by molar-refractivity contribution is 7.15. The van der Waals surface area contributed by atoms with Crippen LogP contribution < -0.4 is 5.32 Å². The van der Waals surface area contributed by atoms with Gasteiger partial charge in [0.15, 0.2) is 0 Å². The average Bonchev–Trinajstić information content (AvgIpc) is 3.16. The lowest BCUT2D eigenvalue weighted by atomic mass is 10.1. The van der Waals surface area contributed by atoms with Crippen LogP contribution in [0, 0.1) is 6.92 Å². The van der Waals surface area contributed by atoms with E-state index in [9.17, 15) is 13.2 Å². The maximum atomic E-state index is 12.9. The quantitative estimate of drug-likeness (QED) is 0.637. The standard InChI is InChI=1S/C20H20F3N5OS/c1-13-8-14(16-11-25-18(30-16)12-28-4-6-29-7-5-28)10-15(9-13)26-19-24-3-2-17(27-19)20(21,22)23/h2-3,8-11H,4-7,12H2,1H3,(H,24,26,27). The van der Waals surface area contributed by atoms with Crippen molar-refractivity contribution < 1.29 is 17.9 Å². The molecule has 3 aromatic rings. The number of hydrogen-bond donors (Lipinski definition) is 1. The van der Waals surface area contributed by atoms with E-state index in [0.29, 0.717) is 5.69 Å². The summed E-state index contributed by atoms with van der Waals surface area (Å²) in [6, 6.07) is 6.57. The van der Waals surface area contributed by atoms with Gasteiger partial charge in [-0.05, 0) is 36.2 Å². The van der Waals surface area contributed by atoms with E-state index in [1.54, 1.807) is 11.3 Å². The van der Waals surface area contributed by atoms with Gasteiger partial charge >= 0.3 is 6.18 Å². The average molecular weight is 435 g/mol. The zero-order valence-electron chi connectivity index (χ0n) is 16.2. The van der Waals surface area contributed by atoms with E-state index in [4.69, 9.17) is 4.74 Å². The Kier molecular flexibility index (Phi) is 5.98. The molecule has 4 rings (SSSR count). The van der Waals surface area contributed by atoms with Gasteiger partial charge in [-0.2, -0.15) is 13.2 Å². The number of thiazole rings is 1. The predicted molar refractivity (Wildman–Crippen MR) is 109 cm³/mol. The number of morpholine rings is 1. The van der Waals surface area contributed by atoms with Crippen LogP contribution in [0.25, 0.3) is 10.4 Å². The first-order valence-electron chi connectivity index (χ1n) is 9.41. The Morgan fingerprint density at radius 1 is 1.17 bits per heavy atom. The van der Waals surface area contributed by atoms with Crippen molar-refractivity contribution in [3.8, 4) is 10.4 Å². The van der Waals surface area contributed by atoms with Crippen LogP contribution in [0.1, 0.15) is 16.3 Å². The number of halogens is 3. The second-order valence-corrected chi connectivity index (χ2v) is 8.10. The van der Waals surface area contributed by atoms with Gasteiger partial charge in [-0.15, -0.1) is 11.3 Å². The molecule has 0 spiro atoms. The molecule has 0 unspecified atom stereocenters. The van der Waals surface area contributed by atoms with Gasteiger partial charge in [-0.1, -0.05) is 6.07 Å². The third-order valence-corrected chi connectivity index (χ3v) is 5.61. The Bertz CT molecular complexity index is 1020. The van der Waals surface area contributed by atoms with Crippen LogP contribution in [0.5, 0.6) is 0 Å². The van der Waals surface area contributed by atoms with E-state index in [2.05, 4.69) is 25.2 Å². The lowest BCUT2D eigenvalue weighted by Crippen LogP contribution is -2.35. The molecule has 158 valence electrons. The number of nitrogens with one attached hydrogen (secondary N) is 1. The van der Waals surface area contributed by atoms with Crippen LogP contribution >= 0.6 is 11.3 Å². The fourth-order valence-corrected chi connectivity index (χ4v) is 4.12. The van der Waals surface area contributed by atoms with Gasteiger partial charge in [0.25, 0.3) is 0 Å². The topological polar surface area (TPSA) is 63.2 Å². The minimum atomic E-state index is -4.52. The molecule has 0 atom stereocenters. The third-order valence-electron chi connectivity index (χ3n) is 4.58. The Morgan fingerprint density at radius 3 is 2.73 bits per heavy atom. The second-order valence-electron chi connectivity index (χ2n) is 6.98. The first kappa shape index (κ1) is 20.7. The Morgan fingerprint density at radius 2 is 1.97 bits per heavy atom. The van der Waals surface area contributed by atoms with E-state index < -0.39 is 11.9 Å². The minimum absolute atomic E-state index is 0.0984. The number of rotatable bonds is 5. The predicted octanol–water partition coefficient (Wildman–Crippen LogP) is 4.50. The number of aryl methyl sites for hydroxylation is 1. The van der Waals surface area contributed by atoms with E-state index in [0.717, 1.165) is 66.1 Å². The van der Waals surface area contributed by atoms with Crippen LogP contribution in [-0.4, -0.2) is 46.2 Å². The van der Waals surface area contributed by atoms with E-state index in [1.807, 2.05) is 31.3 Å². The monoisotopic (exact) mass is 435 g/mol. The fourth-order valence-electron chi connectivity index (χ4n) is 3.17. The van der Waals surface area contributed by atoms with Crippen molar-refractivity contribution in [3.05, 3.63) is 52.9 Å². The van der Waals surface area contributed by atoms with Gasteiger partial charge in [0.2, 0.25) is 5.95 Å². The molecule has 3 heterocycles. The summed E-state index contributed by atoms with van der Waals surface area (Å²) in [6.07, 6.45) is -1.59. The lowest BCUT2D eigenvalue weighted by Gasteiger charge is -2.25. The van der Waals surface area contributed by atoms with Crippen LogP contribution in [0.4, 0.5) is 24.8 Å². The van der Waals surface area contributed by atoms with Crippen molar-refractivity contribution in [3.63, 3.8) is 0 Å². The lowest BCUT2D eigenvalue weighted by molar-refractivity contribution is -0.141. The van der Waals surface area contributed by atoms with Crippen molar-refractivity contribution in [2.45, 2.75) is 19.6 Å². The summed E-state index contributed by atoms with van der Waals surface area (Å²) in [6.45, 7) is 5.97. The Balaban J connectivity index is 1.52. The number of hydrogen-bond acceptors (Lipinski definition) is 7. The van der Waals surface area contributed by atoms with Gasteiger partial charge in [-0.3, -0.25) is 4.90 Å². The van der Waals surface area contributed by atoms with Crippen molar-refractivity contribution in [1.82, 2.24) is 19.9 Å². The maximum Gasteiger partial charge on any atom is 0.433 e. The molecular weight excluding hydrogens is 415 g/mol. The van der Waals surface area contributed by atoms with Gasteiger partial charge < -0.3 is 10.1 Å². The largest absolute Gasteiger partial charge is 0.433 e. The number of benzene rings is 1. The molecule has 0 radical (unpaired) electrons. The maximum absolute atomic E-state index is 12.9. The van der Waals surface area contributed by atoms with E-state index in [-0.39, 0.29) is 5.95 Å². The highest BCUT2D eigenvalue weighted by Crippen LogP contribution is 2.32. The molecular formula is C20H20F3N5OS. The third kappa shape index (κ3) is 5.13. The molecule has 30 heavy (non-hydrogen) atoms. The molecule has 1 aromatic carbocycles. The number of nitrogens with zero attached hydrogens (tertiary/aromatic N) is 4. The number of anilines is 2. The van der Waals surface area contributed by atoms with E-state index in [1.165, 1.54) is 0 Å². The molecule has 0 bridgehead atoms. The highest BCUT2D eigenvalue weighted by atomic mass is 32.1. The number of alkyl halides is 3. The van der Waals surface area contributed by atoms with Crippen LogP contribution in [0.2, 0.25) is 0 Å². The summed E-state index contributed by atoms with van der Waals surface area (Å²) in [5.41, 5.74) is 1.54. The van der Waals surface area contributed by atoms with Crippen molar-refractivity contribution in [2.24, 2.45) is 0 Å². The Labute approximate surface area is 175 Å². The molecule has 1 aliphatic rings. The summed E-state index contributed by atoms with van der Waals surface area (Å²) in [4.78, 5) is 15.3. The molecule has 0 saturated carbocycles. The Hall–Kier alpha value is -2.56. The smallest absolute Gasteiger partial charge is 0.379 e. The summed E-state index contributed by atoms with van der Waals surface area (Å²) in [7, 11) is 0.